The molecule has 4 aromatic rings. The molecule has 2 amide bonds. The predicted molar refractivity (Wildman–Crippen MR) is 171 cm³/mol. The minimum atomic E-state index is -0.275. The van der Waals surface area contributed by atoms with Crippen molar-refractivity contribution in [2.45, 2.75) is 58.3 Å². The van der Waals surface area contributed by atoms with Gasteiger partial charge in [-0.2, -0.15) is 0 Å². The van der Waals surface area contributed by atoms with Gasteiger partial charge in [0.25, 0.3) is 0 Å². The fourth-order valence-electron chi connectivity index (χ4n) is 4.78. The number of nitrogens with one attached hydrogen (secondary N) is 3. The standard InChI is InChI=1S/C36H43N3O3/c1-3-4-7-16-33(38-24-23-28-17-20-32(21-18-28)41-26-29-12-8-5-9-13-29)31-19-22-35(34(25-31)39-36(40)37-2)42-27-30-14-10-6-11-15-30/h5-6,8-15,17-22,25,33,38H,3-4,7,16,23-24,26-27H2,1-2H3,(H2,37,39,40). The summed E-state index contributed by atoms with van der Waals surface area (Å²) in [6.07, 6.45) is 5.41. The average Bonchev–Trinajstić information content (AvgIpc) is 3.04. The van der Waals surface area contributed by atoms with Crippen LogP contribution in [-0.2, 0) is 19.6 Å². The Labute approximate surface area is 250 Å². The summed E-state index contributed by atoms with van der Waals surface area (Å²) in [7, 11) is 1.61. The largest absolute Gasteiger partial charge is 0.489 e. The molecule has 6 heteroatoms. The van der Waals surface area contributed by atoms with Crippen molar-refractivity contribution in [3.8, 4) is 11.5 Å². The Balaban J connectivity index is 1.39. The van der Waals surface area contributed by atoms with E-state index in [0.717, 1.165) is 48.2 Å². The molecule has 220 valence electrons. The summed E-state index contributed by atoms with van der Waals surface area (Å²) in [6.45, 7) is 4.05. The fraction of sp³-hybridized carbons (Fsp3) is 0.306. The van der Waals surface area contributed by atoms with E-state index in [9.17, 15) is 4.79 Å². The Morgan fingerprint density at radius 2 is 1.43 bits per heavy atom. The number of unbranched alkanes of at least 4 members (excludes halogenated alkanes) is 2. The third kappa shape index (κ3) is 9.96. The molecule has 4 rings (SSSR count). The summed E-state index contributed by atoms with van der Waals surface area (Å²) in [5.74, 6) is 1.52. The zero-order valence-electron chi connectivity index (χ0n) is 24.8. The molecule has 0 saturated heterocycles. The molecule has 1 atom stereocenters. The van der Waals surface area contributed by atoms with Crippen LogP contribution >= 0.6 is 0 Å². The molecule has 0 aliphatic heterocycles. The lowest BCUT2D eigenvalue weighted by molar-refractivity contribution is 0.253. The number of carbonyl (C=O) groups is 1. The normalized spacial score (nSPS) is 11.5. The molecule has 42 heavy (non-hydrogen) atoms. The first kappa shape index (κ1) is 30.7. The van der Waals surface area contributed by atoms with E-state index in [1.807, 2.05) is 72.8 Å². The van der Waals surface area contributed by atoms with Gasteiger partial charge in [0.2, 0.25) is 0 Å². The van der Waals surface area contributed by atoms with E-state index in [-0.39, 0.29) is 12.1 Å². The number of urea groups is 1. The highest BCUT2D eigenvalue weighted by Crippen LogP contribution is 2.31. The molecule has 0 radical (unpaired) electrons. The second-order valence-corrected chi connectivity index (χ2v) is 10.4. The molecule has 0 spiro atoms. The first-order valence-corrected chi connectivity index (χ1v) is 14.9. The zero-order valence-corrected chi connectivity index (χ0v) is 24.8. The molecular formula is C36H43N3O3. The fourth-order valence-corrected chi connectivity index (χ4v) is 4.78. The van der Waals surface area contributed by atoms with Crippen LogP contribution < -0.4 is 25.4 Å². The Hall–Kier alpha value is -4.29. The number of benzene rings is 4. The van der Waals surface area contributed by atoms with Crippen LogP contribution in [0, 0.1) is 0 Å². The van der Waals surface area contributed by atoms with Crippen LogP contribution in [0.1, 0.15) is 60.9 Å². The van der Waals surface area contributed by atoms with Gasteiger partial charge in [0, 0.05) is 13.1 Å². The number of ether oxygens (including phenoxy) is 2. The average molecular weight is 566 g/mol. The Morgan fingerprint density at radius 1 is 0.762 bits per heavy atom. The maximum Gasteiger partial charge on any atom is 0.319 e. The van der Waals surface area contributed by atoms with Gasteiger partial charge >= 0.3 is 6.03 Å². The third-order valence-electron chi connectivity index (χ3n) is 7.19. The first-order chi connectivity index (χ1) is 20.6. The predicted octanol–water partition coefficient (Wildman–Crippen LogP) is 8.05. The van der Waals surface area contributed by atoms with E-state index in [0.29, 0.717) is 24.7 Å². The number of rotatable bonds is 16. The molecule has 0 aliphatic rings. The SMILES string of the molecule is CCCCCC(NCCc1ccc(OCc2ccccc2)cc1)c1ccc(OCc2ccccc2)c(NC(=O)NC)c1. The van der Waals surface area contributed by atoms with Crippen molar-refractivity contribution in [3.05, 3.63) is 125 Å². The lowest BCUT2D eigenvalue weighted by atomic mass is 9.99. The van der Waals surface area contributed by atoms with Crippen molar-refractivity contribution >= 4 is 11.7 Å². The van der Waals surface area contributed by atoms with Gasteiger partial charge in [0.1, 0.15) is 24.7 Å². The number of amides is 2. The minimum Gasteiger partial charge on any atom is -0.489 e. The van der Waals surface area contributed by atoms with E-state index in [4.69, 9.17) is 9.47 Å². The van der Waals surface area contributed by atoms with E-state index >= 15 is 0 Å². The molecule has 4 aromatic carbocycles. The van der Waals surface area contributed by atoms with Gasteiger partial charge in [0.05, 0.1) is 5.69 Å². The molecule has 0 heterocycles. The van der Waals surface area contributed by atoms with E-state index in [2.05, 4.69) is 53.2 Å². The van der Waals surface area contributed by atoms with Crippen LogP contribution in [0.25, 0.3) is 0 Å². The second kappa shape index (κ2) is 16.8. The van der Waals surface area contributed by atoms with Crippen molar-refractivity contribution in [2.24, 2.45) is 0 Å². The van der Waals surface area contributed by atoms with Crippen molar-refractivity contribution < 1.29 is 14.3 Å². The minimum absolute atomic E-state index is 0.165. The molecule has 3 N–H and O–H groups in total. The topological polar surface area (TPSA) is 71.6 Å². The van der Waals surface area contributed by atoms with Crippen molar-refractivity contribution in [3.63, 3.8) is 0 Å². The van der Waals surface area contributed by atoms with Crippen LogP contribution in [0.2, 0.25) is 0 Å². The van der Waals surface area contributed by atoms with Crippen molar-refractivity contribution in [1.82, 2.24) is 10.6 Å². The van der Waals surface area contributed by atoms with E-state index < -0.39 is 0 Å². The summed E-state index contributed by atoms with van der Waals surface area (Å²) in [5, 5.41) is 9.38. The Morgan fingerprint density at radius 3 is 2.07 bits per heavy atom. The van der Waals surface area contributed by atoms with Crippen LogP contribution in [0.4, 0.5) is 10.5 Å². The van der Waals surface area contributed by atoms with Gasteiger partial charge in [-0.25, -0.2) is 4.79 Å². The molecule has 0 aromatic heterocycles. The first-order valence-electron chi connectivity index (χ1n) is 14.9. The maximum atomic E-state index is 12.3. The molecule has 0 fully saturated rings. The van der Waals surface area contributed by atoms with Crippen LogP contribution in [0.5, 0.6) is 11.5 Å². The van der Waals surface area contributed by atoms with Crippen LogP contribution in [-0.4, -0.2) is 19.6 Å². The van der Waals surface area contributed by atoms with Gasteiger partial charge in [-0.15, -0.1) is 0 Å². The number of hydrogen-bond donors (Lipinski definition) is 3. The van der Waals surface area contributed by atoms with Crippen molar-refractivity contribution in [2.75, 3.05) is 18.9 Å². The molecular weight excluding hydrogens is 522 g/mol. The summed E-state index contributed by atoms with van der Waals surface area (Å²) >= 11 is 0. The number of anilines is 1. The number of carbonyl (C=O) groups excluding carboxylic acids is 1. The molecule has 0 aliphatic carbocycles. The molecule has 6 nitrogen and oxygen atoms in total. The van der Waals surface area contributed by atoms with Gasteiger partial charge in [-0.3, -0.25) is 0 Å². The summed E-state index contributed by atoms with van der Waals surface area (Å²) in [5.41, 5.74) is 5.28. The summed E-state index contributed by atoms with van der Waals surface area (Å²) in [4.78, 5) is 12.3. The van der Waals surface area contributed by atoms with Crippen LogP contribution in [0.15, 0.2) is 103 Å². The molecule has 1 unspecified atom stereocenters. The highest BCUT2D eigenvalue weighted by Gasteiger charge is 2.15. The van der Waals surface area contributed by atoms with Crippen molar-refractivity contribution in [1.29, 1.82) is 0 Å². The summed E-state index contributed by atoms with van der Waals surface area (Å²) < 4.78 is 12.1. The highest BCUT2D eigenvalue weighted by atomic mass is 16.5. The Bertz CT molecular complexity index is 1340. The lowest BCUT2D eigenvalue weighted by Gasteiger charge is -2.22. The second-order valence-electron chi connectivity index (χ2n) is 10.4. The number of hydrogen-bond acceptors (Lipinski definition) is 4. The quantitative estimate of drug-likeness (QED) is 0.120. The van der Waals surface area contributed by atoms with Crippen LogP contribution in [0.3, 0.4) is 0 Å². The van der Waals surface area contributed by atoms with E-state index in [1.165, 1.54) is 18.4 Å². The molecule has 0 bridgehead atoms. The Kier molecular flexibility index (Phi) is 12.3. The lowest BCUT2D eigenvalue weighted by Crippen LogP contribution is -2.26. The van der Waals surface area contributed by atoms with Gasteiger partial charge < -0.3 is 25.4 Å². The summed E-state index contributed by atoms with van der Waals surface area (Å²) in [6, 6.07) is 34.6. The molecule has 0 saturated carbocycles. The smallest absolute Gasteiger partial charge is 0.319 e. The van der Waals surface area contributed by atoms with E-state index in [1.54, 1.807) is 7.05 Å². The monoisotopic (exact) mass is 565 g/mol. The van der Waals surface area contributed by atoms with Gasteiger partial charge in [-0.1, -0.05) is 105 Å². The maximum absolute atomic E-state index is 12.3. The third-order valence-corrected chi connectivity index (χ3v) is 7.19. The van der Waals surface area contributed by atoms with Gasteiger partial charge in [-0.05, 0) is 65.9 Å². The van der Waals surface area contributed by atoms with Gasteiger partial charge in [0.15, 0.2) is 0 Å². The highest BCUT2D eigenvalue weighted by molar-refractivity contribution is 5.90. The zero-order chi connectivity index (χ0) is 29.4.